The van der Waals surface area contributed by atoms with E-state index >= 15 is 0 Å². The van der Waals surface area contributed by atoms with E-state index in [1.807, 2.05) is 0 Å². The number of benzene rings is 1. The van der Waals surface area contributed by atoms with Gasteiger partial charge in [0.2, 0.25) is 5.91 Å². The predicted octanol–water partition coefficient (Wildman–Crippen LogP) is 2.20. The van der Waals surface area contributed by atoms with Crippen molar-refractivity contribution < 1.29 is 14.6 Å². The van der Waals surface area contributed by atoms with Gasteiger partial charge in [-0.2, -0.15) is 0 Å². The SMILES string of the molecule is COc1ccc(Cl)cc1/C=C/C(=O)N(C)[C@H](C)CO. The average Bonchev–Trinajstić information content (AvgIpc) is 2.43. The van der Waals surface area contributed by atoms with Gasteiger partial charge in [0.1, 0.15) is 5.75 Å². The van der Waals surface area contributed by atoms with E-state index in [0.717, 1.165) is 5.56 Å². The third-order valence-corrected chi connectivity index (χ3v) is 3.11. The summed E-state index contributed by atoms with van der Waals surface area (Å²) in [5, 5.41) is 9.58. The van der Waals surface area contributed by atoms with Gasteiger partial charge in [0, 0.05) is 23.7 Å². The zero-order chi connectivity index (χ0) is 14.4. The molecule has 4 nitrogen and oxygen atoms in total. The van der Waals surface area contributed by atoms with E-state index in [4.69, 9.17) is 21.4 Å². The Bertz CT molecular complexity index is 474. The molecule has 0 radical (unpaired) electrons. The molecule has 0 unspecified atom stereocenters. The predicted molar refractivity (Wildman–Crippen MR) is 76.4 cm³/mol. The summed E-state index contributed by atoms with van der Waals surface area (Å²) in [4.78, 5) is 13.3. The van der Waals surface area contributed by atoms with Crippen LogP contribution in [0.2, 0.25) is 5.02 Å². The van der Waals surface area contributed by atoms with Gasteiger partial charge in [-0.3, -0.25) is 4.79 Å². The Hall–Kier alpha value is -1.52. The van der Waals surface area contributed by atoms with E-state index in [2.05, 4.69) is 0 Å². The van der Waals surface area contributed by atoms with E-state index in [0.29, 0.717) is 10.8 Å². The monoisotopic (exact) mass is 283 g/mol. The lowest BCUT2D eigenvalue weighted by Gasteiger charge is -2.21. The molecule has 19 heavy (non-hydrogen) atoms. The Kier molecular flexibility index (Phi) is 5.86. The van der Waals surface area contributed by atoms with Gasteiger partial charge >= 0.3 is 0 Å². The minimum absolute atomic E-state index is 0.0729. The second-order valence-corrected chi connectivity index (χ2v) is 4.64. The lowest BCUT2D eigenvalue weighted by Crippen LogP contribution is -2.36. The fourth-order valence-corrected chi connectivity index (χ4v) is 1.63. The minimum atomic E-state index is -0.224. The molecule has 0 bridgehead atoms. The first-order valence-electron chi connectivity index (χ1n) is 5.89. The standard InChI is InChI=1S/C14H18ClNO3/c1-10(9-17)16(2)14(18)7-4-11-8-12(15)5-6-13(11)19-3/h4-8,10,17H,9H2,1-3H3/b7-4+/t10-/m1/s1. The van der Waals surface area contributed by atoms with Crippen LogP contribution < -0.4 is 4.74 Å². The van der Waals surface area contributed by atoms with Crippen molar-refractivity contribution in [3.8, 4) is 5.75 Å². The van der Waals surface area contributed by atoms with Crippen molar-refractivity contribution >= 4 is 23.6 Å². The average molecular weight is 284 g/mol. The van der Waals surface area contributed by atoms with Crippen LogP contribution in [-0.2, 0) is 4.79 Å². The van der Waals surface area contributed by atoms with Gasteiger partial charge < -0.3 is 14.7 Å². The van der Waals surface area contributed by atoms with Gasteiger partial charge in [-0.05, 0) is 31.2 Å². The molecule has 1 amide bonds. The van der Waals surface area contributed by atoms with Crippen LogP contribution in [0.1, 0.15) is 12.5 Å². The van der Waals surface area contributed by atoms with Crippen molar-refractivity contribution in [1.82, 2.24) is 4.90 Å². The number of aliphatic hydroxyl groups is 1. The molecule has 0 aliphatic heterocycles. The number of ether oxygens (including phenoxy) is 1. The van der Waals surface area contributed by atoms with Gasteiger partial charge in [0.15, 0.2) is 0 Å². The number of methoxy groups -OCH3 is 1. The number of likely N-dealkylation sites (N-methyl/N-ethyl adjacent to an activating group) is 1. The summed E-state index contributed by atoms with van der Waals surface area (Å²) in [5.74, 6) is 0.454. The molecule has 0 aliphatic carbocycles. The van der Waals surface area contributed by atoms with Crippen LogP contribution in [0.25, 0.3) is 6.08 Å². The lowest BCUT2D eigenvalue weighted by molar-refractivity contribution is -0.127. The normalized spacial score (nSPS) is 12.5. The van der Waals surface area contributed by atoms with Crippen LogP contribution in [0.5, 0.6) is 5.75 Å². The number of hydrogen-bond donors (Lipinski definition) is 1. The van der Waals surface area contributed by atoms with Gasteiger partial charge in [0.25, 0.3) is 0 Å². The quantitative estimate of drug-likeness (QED) is 0.843. The molecule has 1 N–H and O–H groups in total. The summed E-state index contributed by atoms with van der Waals surface area (Å²) in [6.45, 7) is 1.70. The highest BCUT2D eigenvalue weighted by Gasteiger charge is 2.12. The molecule has 104 valence electrons. The summed E-state index contributed by atoms with van der Waals surface area (Å²) in [7, 11) is 3.20. The second kappa shape index (κ2) is 7.16. The number of halogens is 1. The van der Waals surface area contributed by atoms with Crippen molar-refractivity contribution in [2.45, 2.75) is 13.0 Å². The number of carbonyl (C=O) groups excluding carboxylic acids is 1. The third-order valence-electron chi connectivity index (χ3n) is 2.87. The van der Waals surface area contributed by atoms with Crippen molar-refractivity contribution in [1.29, 1.82) is 0 Å². The molecule has 0 aliphatic rings. The molecule has 0 heterocycles. The molecule has 0 spiro atoms. The summed E-state index contributed by atoms with van der Waals surface area (Å²) in [5.41, 5.74) is 0.730. The van der Waals surface area contributed by atoms with Crippen molar-refractivity contribution in [3.05, 3.63) is 34.9 Å². The van der Waals surface area contributed by atoms with E-state index in [-0.39, 0.29) is 18.6 Å². The lowest BCUT2D eigenvalue weighted by atomic mass is 10.2. The molecule has 0 aromatic heterocycles. The van der Waals surface area contributed by atoms with Crippen LogP contribution in [0.15, 0.2) is 24.3 Å². The highest BCUT2D eigenvalue weighted by atomic mass is 35.5. The fraction of sp³-hybridized carbons (Fsp3) is 0.357. The third kappa shape index (κ3) is 4.26. The summed E-state index contributed by atoms with van der Waals surface area (Å²) >= 11 is 5.91. The molecule has 0 saturated heterocycles. The number of nitrogens with zero attached hydrogens (tertiary/aromatic N) is 1. The molecular formula is C14H18ClNO3. The number of amides is 1. The minimum Gasteiger partial charge on any atom is -0.496 e. The van der Waals surface area contributed by atoms with Crippen molar-refractivity contribution in [2.75, 3.05) is 20.8 Å². The van der Waals surface area contributed by atoms with Gasteiger partial charge in [-0.15, -0.1) is 0 Å². The number of rotatable bonds is 5. The number of carbonyl (C=O) groups is 1. The first-order valence-corrected chi connectivity index (χ1v) is 6.26. The van der Waals surface area contributed by atoms with Crippen molar-refractivity contribution in [3.63, 3.8) is 0 Å². The van der Waals surface area contributed by atoms with Gasteiger partial charge in [-0.25, -0.2) is 0 Å². The molecule has 1 rings (SSSR count). The number of hydrogen-bond acceptors (Lipinski definition) is 3. The first kappa shape index (κ1) is 15.5. The Balaban J connectivity index is 2.87. The molecule has 0 saturated carbocycles. The van der Waals surface area contributed by atoms with Crippen molar-refractivity contribution in [2.24, 2.45) is 0 Å². The van der Waals surface area contributed by atoms with Crippen LogP contribution in [0.3, 0.4) is 0 Å². The van der Waals surface area contributed by atoms with Crippen LogP contribution in [0.4, 0.5) is 0 Å². The van der Waals surface area contributed by atoms with Crippen LogP contribution in [-0.4, -0.2) is 42.7 Å². The highest BCUT2D eigenvalue weighted by Crippen LogP contribution is 2.23. The number of aliphatic hydroxyl groups excluding tert-OH is 1. The molecule has 1 aromatic carbocycles. The maximum Gasteiger partial charge on any atom is 0.246 e. The fourth-order valence-electron chi connectivity index (χ4n) is 1.45. The zero-order valence-corrected chi connectivity index (χ0v) is 12.0. The van der Waals surface area contributed by atoms with Crippen LogP contribution >= 0.6 is 11.6 Å². The molecule has 1 atom stereocenters. The van der Waals surface area contributed by atoms with Crippen LogP contribution in [0, 0.1) is 0 Å². The zero-order valence-electron chi connectivity index (χ0n) is 11.3. The van der Waals surface area contributed by atoms with Gasteiger partial charge in [0.05, 0.1) is 19.8 Å². The Morgan fingerprint density at radius 2 is 2.26 bits per heavy atom. The highest BCUT2D eigenvalue weighted by molar-refractivity contribution is 6.30. The van der Waals surface area contributed by atoms with E-state index in [9.17, 15) is 4.79 Å². The largest absolute Gasteiger partial charge is 0.496 e. The summed E-state index contributed by atoms with van der Waals surface area (Å²) in [6, 6.07) is 4.96. The molecule has 5 heteroatoms. The van der Waals surface area contributed by atoms with E-state index in [1.165, 1.54) is 11.0 Å². The maximum absolute atomic E-state index is 11.9. The van der Waals surface area contributed by atoms with E-state index in [1.54, 1.807) is 45.4 Å². The van der Waals surface area contributed by atoms with Gasteiger partial charge in [-0.1, -0.05) is 11.6 Å². The summed E-state index contributed by atoms with van der Waals surface area (Å²) in [6.07, 6.45) is 3.08. The Morgan fingerprint density at radius 1 is 1.58 bits per heavy atom. The second-order valence-electron chi connectivity index (χ2n) is 4.20. The molecule has 1 aromatic rings. The maximum atomic E-state index is 11.9. The Labute approximate surface area is 118 Å². The summed E-state index contributed by atoms with van der Waals surface area (Å²) < 4.78 is 5.19. The Morgan fingerprint density at radius 3 is 2.84 bits per heavy atom. The molecule has 0 fully saturated rings. The van der Waals surface area contributed by atoms with E-state index < -0.39 is 0 Å². The molecular weight excluding hydrogens is 266 g/mol. The topological polar surface area (TPSA) is 49.8 Å². The smallest absolute Gasteiger partial charge is 0.246 e. The first-order chi connectivity index (χ1) is 8.99.